The molecule has 1 amide bonds. The summed E-state index contributed by atoms with van der Waals surface area (Å²) in [5.41, 5.74) is 3.92. The van der Waals surface area contributed by atoms with Crippen molar-refractivity contribution in [3.05, 3.63) is 52.6 Å². The number of nitrogens with one attached hydrogen (secondary N) is 1. The molecule has 1 aromatic heterocycles. The van der Waals surface area contributed by atoms with E-state index in [4.69, 9.17) is 0 Å². The molecule has 1 heterocycles. The van der Waals surface area contributed by atoms with Crippen molar-refractivity contribution >= 4 is 5.91 Å². The first-order chi connectivity index (χ1) is 11.1. The fourth-order valence-electron chi connectivity index (χ4n) is 3.78. The second kappa shape index (κ2) is 4.89. The number of carbonyl (C=O) groups is 1. The zero-order chi connectivity index (χ0) is 16.2. The Morgan fingerprint density at radius 3 is 2.91 bits per heavy atom. The fourth-order valence-corrected chi connectivity index (χ4v) is 3.78. The number of benzene rings is 1. The average Bonchev–Trinajstić information content (AvgIpc) is 3.20. The molecule has 1 aromatic carbocycles. The first kappa shape index (κ1) is 14.4. The summed E-state index contributed by atoms with van der Waals surface area (Å²) in [5.74, 6) is -0.836. The fraction of sp³-hybridized carbons (Fsp3) is 0.412. The molecular formula is C17H18FN3O2. The highest BCUT2D eigenvalue weighted by Crippen LogP contribution is 2.45. The molecule has 2 aromatic rings. The monoisotopic (exact) mass is 315 g/mol. The zero-order valence-electron chi connectivity index (χ0n) is 12.8. The highest BCUT2D eigenvalue weighted by atomic mass is 19.1. The summed E-state index contributed by atoms with van der Waals surface area (Å²) in [6.07, 6.45) is 4.86. The number of aromatic nitrogens is 2. The second-order valence-electron chi connectivity index (χ2n) is 6.58. The smallest absolute Gasteiger partial charge is 0.254 e. The predicted molar refractivity (Wildman–Crippen MR) is 80.7 cm³/mol. The van der Waals surface area contributed by atoms with Gasteiger partial charge in [0.15, 0.2) is 0 Å². The van der Waals surface area contributed by atoms with Crippen molar-refractivity contribution in [1.29, 1.82) is 0 Å². The van der Waals surface area contributed by atoms with Crippen molar-refractivity contribution in [2.75, 3.05) is 0 Å². The first-order valence-electron chi connectivity index (χ1n) is 7.82. The SMILES string of the molecule is Cc1c(F)cccc1C1(C(=O)NO)Cc2cnn(C3CC3)c2C1. The zero-order valence-corrected chi connectivity index (χ0v) is 12.8. The molecule has 0 radical (unpaired) electrons. The summed E-state index contributed by atoms with van der Waals surface area (Å²) in [6.45, 7) is 1.67. The van der Waals surface area contributed by atoms with Crippen LogP contribution in [0.2, 0.25) is 0 Å². The number of hydrogen-bond acceptors (Lipinski definition) is 3. The normalized spacial score (nSPS) is 22.9. The van der Waals surface area contributed by atoms with E-state index < -0.39 is 11.3 Å². The first-order valence-corrected chi connectivity index (χ1v) is 7.82. The topological polar surface area (TPSA) is 67.2 Å². The summed E-state index contributed by atoms with van der Waals surface area (Å²) >= 11 is 0. The van der Waals surface area contributed by atoms with Gasteiger partial charge in [0.25, 0.3) is 5.91 Å². The predicted octanol–water partition coefficient (Wildman–Crippen LogP) is 2.21. The molecule has 1 unspecified atom stereocenters. The minimum absolute atomic E-state index is 0.340. The molecule has 0 aliphatic heterocycles. The van der Waals surface area contributed by atoms with Crippen LogP contribution in [0.5, 0.6) is 0 Å². The van der Waals surface area contributed by atoms with Gasteiger partial charge in [0.1, 0.15) is 5.82 Å². The summed E-state index contributed by atoms with van der Waals surface area (Å²) in [4.78, 5) is 12.6. The lowest BCUT2D eigenvalue weighted by Gasteiger charge is -2.29. The van der Waals surface area contributed by atoms with Crippen LogP contribution < -0.4 is 5.48 Å². The summed E-state index contributed by atoms with van der Waals surface area (Å²) in [6, 6.07) is 5.19. The Labute approximate surface area is 133 Å². The van der Waals surface area contributed by atoms with Crippen molar-refractivity contribution < 1.29 is 14.4 Å². The maximum atomic E-state index is 14.0. The molecule has 4 rings (SSSR count). The van der Waals surface area contributed by atoms with Crippen molar-refractivity contribution in [2.24, 2.45) is 0 Å². The average molecular weight is 315 g/mol. The molecule has 120 valence electrons. The quantitative estimate of drug-likeness (QED) is 0.674. The number of rotatable bonds is 3. The van der Waals surface area contributed by atoms with Gasteiger partial charge in [0.05, 0.1) is 17.7 Å². The largest absolute Gasteiger partial charge is 0.289 e. The van der Waals surface area contributed by atoms with E-state index in [1.807, 2.05) is 4.68 Å². The van der Waals surface area contributed by atoms with Crippen LogP contribution in [0.4, 0.5) is 4.39 Å². The van der Waals surface area contributed by atoms with Gasteiger partial charge in [-0.15, -0.1) is 0 Å². The number of nitrogens with zero attached hydrogens (tertiary/aromatic N) is 2. The van der Waals surface area contributed by atoms with Gasteiger partial charge >= 0.3 is 0 Å². The van der Waals surface area contributed by atoms with Crippen molar-refractivity contribution in [3.63, 3.8) is 0 Å². The van der Waals surface area contributed by atoms with Crippen LogP contribution in [0.3, 0.4) is 0 Å². The van der Waals surface area contributed by atoms with Gasteiger partial charge in [-0.2, -0.15) is 5.10 Å². The highest BCUT2D eigenvalue weighted by Gasteiger charge is 2.49. The maximum Gasteiger partial charge on any atom is 0.254 e. The molecule has 1 saturated carbocycles. The van der Waals surface area contributed by atoms with Gasteiger partial charge in [-0.1, -0.05) is 12.1 Å². The Morgan fingerprint density at radius 1 is 1.43 bits per heavy atom. The van der Waals surface area contributed by atoms with Crippen LogP contribution in [0, 0.1) is 12.7 Å². The Bertz CT molecular complexity index is 797. The van der Waals surface area contributed by atoms with E-state index in [9.17, 15) is 14.4 Å². The standard InChI is InChI=1S/C17H18FN3O2/c1-10-13(3-2-4-14(10)18)17(16(22)20-23)7-11-9-19-21(12-5-6-12)15(11)8-17/h2-4,9,12,23H,5-8H2,1H3,(H,20,22). The molecule has 2 aliphatic rings. The van der Waals surface area contributed by atoms with Crippen LogP contribution in [-0.2, 0) is 23.1 Å². The van der Waals surface area contributed by atoms with E-state index in [0.717, 1.165) is 24.1 Å². The number of fused-ring (bicyclic) bond motifs is 1. The van der Waals surface area contributed by atoms with E-state index in [-0.39, 0.29) is 5.82 Å². The minimum Gasteiger partial charge on any atom is -0.289 e. The molecule has 23 heavy (non-hydrogen) atoms. The van der Waals surface area contributed by atoms with Crippen LogP contribution in [-0.4, -0.2) is 20.9 Å². The Hall–Kier alpha value is -2.21. The molecule has 6 heteroatoms. The molecule has 0 saturated heterocycles. The molecule has 1 fully saturated rings. The summed E-state index contributed by atoms with van der Waals surface area (Å²) < 4.78 is 16.0. The van der Waals surface area contributed by atoms with E-state index in [0.29, 0.717) is 30.0 Å². The molecule has 0 spiro atoms. The molecular weight excluding hydrogens is 297 g/mol. The van der Waals surface area contributed by atoms with Crippen LogP contribution in [0.15, 0.2) is 24.4 Å². The van der Waals surface area contributed by atoms with E-state index in [2.05, 4.69) is 5.10 Å². The number of halogens is 1. The van der Waals surface area contributed by atoms with Gasteiger partial charge in [-0.25, -0.2) is 9.87 Å². The Morgan fingerprint density at radius 2 is 2.22 bits per heavy atom. The lowest BCUT2D eigenvalue weighted by molar-refractivity contribution is -0.135. The molecule has 5 nitrogen and oxygen atoms in total. The van der Waals surface area contributed by atoms with Gasteiger partial charge in [0, 0.05) is 12.1 Å². The number of amides is 1. The molecule has 2 N–H and O–H groups in total. The van der Waals surface area contributed by atoms with Crippen molar-refractivity contribution in [3.8, 4) is 0 Å². The Balaban J connectivity index is 1.84. The van der Waals surface area contributed by atoms with E-state index >= 15 is 0 Å². The van der Waals surface area contributed by atoms with Crippen LogP contribution in [0.1, 0.15) is 41.3 Å². The van der Waals surface area contributed by atoms with Gasteiger partial charge in [-0.05, 0) is 48.9 Å². The second-order valence-corrected chi connectivity index (χ2v) is 6.58. The molecule has 1 atom stereocenters. The summed E-state index contributed by atoms with van der Waals surface area (Å²) in [7, 11) is 0. The number of hydroxylamine groups is 1. The third-order valence-corrected chi connectivity index (χ3v) is 5.16. The number of hydrogen-bond donors (Lipinski definition) is 2. The third kappa shape index (κ3) is 2.01. The van der Waals surface area contributed by atoms with Gasteiger partial charge in [-0.3, -0.25) is 14.7 Å². The number of carbonyl (C=O) groups excluding carboxylic acids is 1. The van der Waals surface area contributed by atoms with Crippen molar-refractivity contribution in [2.45, 2.75) is 44.1 Å². The van der Waals surface area contributed by atoms with Crippen LogP contribution >= 0.6 is 0 Å². The van der Waals surface area contributed by atoms with Gasteiger partial charge < -0.3 is 0 Å². The lowest BCUT2D eigenvalue weighted by Crippen LogP contribution is -2.45. The summed E-state index contributed by atoms with van der Waals surface area (Å²) in [5, 5.41) is 13.7. The molecule has 0 bridgehead atoms. The minimum atomic E-state index is -0.981. The van der Waals surface area contributed by atoms with Crippen LogP contribution in [0.25, 0.3) is 0 Å². The highest BCUT2D eigenvalue weighted by molar-refractivity contribution is 5.89. The lowest BCUT2D eigenvalue weighted by atomic mass is 9.75. The van der Waals surface area contributed by atoms with E-state index in [1.54, 1.807) is 30.7 Å². The molecule has 2 aliphatic carbocycles. The Kier molecular flexibility index (Phi) is 3.06. The maximum absolute atomic E-state index is 14.0. The van der Waals surface area contributed by atoms with Gasteiger partial charge in [0.2, 0.25) is 0 Å². The third-order valence-electron chi connectivity index (χ3n) is 5.16. The van der Waals surface area contributed by atoms with Crippen molar-refractivity contribution in [1.82, 2.24) is 15.3 Å². The van der Waals surface area contributed by atoms with E-state index in [1.165, 1.54) is 6.07 Å².